The van der Waals surface area contributed by atoms with Crippen molar-refractivity contribution in [3.63, 3.8) is 0 Å². The number of nitrogens with one attached hydrogen (secondary N) is 2. The molecule has 1 unspecified atom stereocenters. The van der Waals surface area contributed by atoms with Crippen LogP contribution in [0.25, 0.3) is 5.78 Å². The predicted octanol–water partition coefficient (Wildman–Crippen LogP) is 4.28. The zero-order chi connectivity index (χ0) is 26.2. The quantitative estimate of drug-likeness (QED) is 0.411. The number of likely N-dealkylation sites (tertiary alicyclic amines) is 1. The van der Waals surface area contributed by atoms with Crippen LogP contribution in [0.5, 0.6) is 5.75 Å². The summed E-state index contributed by atoms with van der Waals surface area (Å²) in [5.74, 6) is -0.958. The molecule has 4 aromatic rings. The van der Waals surface area contributed by atoms with Crippen LogP contribution in [0.4, 0.5) is 19.0 Å². The second kappa shape index (κ2) is 9.56. The van der Waals surface area contributed by atoms with E-state index in [2.05, 4.69) is 30.2 Å². The molecule has 1 aromatic carbocycles. The molecule has 2 amide bonds. The van der Waals surface area contributed by atoms with Crippen LogP contribution >= 0.6 is 0 Å². The van der Waals surface area contributed by atoms with Gasteiger partial charge in [-0.15, -0.1) is 13.2 Å². The standard InChI is InChI=1S/C24H22F3N7O3/c1-14-20(34-12-6-10-28-23(34)29-14)21(35)30-19-13-16(31-32-19)17-8-4-5-11-33(17)22(36)15-7-2-3-9-18(15)37-24(25,26)27/h2-3,6-7,9-10,12-13,17H,4-5,8,11H2,1H3,(H2,30,31,32,35). The number of piperidine rings is 1. The normalized spacial score (nSPS) is 16.1. The van der Waals surface area contributed by atoms with Crippen LogP contribution in [0, 0.1) is 6.92 Å². The number of alkyl halides is 3. The molecule has 0 aliphatic carbocycles. The second-order valence-electron chi connectivity index (χ2n) is 8.55. The van der Waals surface area contributed by atoms with Crippen molar-refractivity contribution in [1.82, 2.24) is 29.5 Å². The number of carbonyl (C=O) groups is 2. The molecule has 3 aromatic heterocycles. The van der Waals surface area contributed by atoms with Crippen molar-refractivity contribution in [2.45, 2.75) is 38.6 Å². The molecule has 1 fully saturated rings. The molecule has 37 heavy (non-hydrogen) atoms. The Morgan fingerprint density at radius 1 is 1.19 bits per heavy atom. The Morgan fingerprint density at radius 3 is 2.81 bits per heavy atom. The lowest BCUT2D eigenvalue weighted by atomic mass is 9.98. The van der Waals surface area contributed by atoms with E-state index in [-0.39, 0.29) is 11.4 Å². The molecule has 0 radical (unpaired) electrons. The molecule has 10 nitrogen and oxygen atoms in total. The predicted molar refractivity (Wildman–Crippen MR) is 125 cm³/mol. The average molecular weight is 513 g/mol. The number of H-pyrrole nitrogens is 1. The van der Waals surface area contributed by atoms with Crippen LogP contribution in [0.15, 0.2) is 48.8 Å². The van der Waals surface area contributed by atoms with E-state index in [0.717, 1.165) is 12.5 Å². The number of fused-ring (bicyclic) bond motifs is 1. The Balaban J connectivity index is 1.37. The molecule has 0 saturated carbocycles. The number of hydrogen-bond donors (Lipinski definition) is 2. The number of nitrogens with zero attached hydrogens (tertiary/aromatic N) is 5. The average Bonchev–Trinajstić information content (AvgIpc) is 3.46. The van der Waals surface area contributed by atoms with E-state index in [0.29, 0.717) is 42.2 Å². The van der Waals surface area contributed by atoms with Crippen LogP contribution in [-0.2, 0) is 0 Å². The lowest BCUT2D eigenvalue weighted by molar-refractivity contribution is -0.274. The van der Waals surface area contributed by atoms with Gasteiger partial charge in [0.15, 0.2) is 5.82 Å². The molecule has 5 rings (SSSR count). The van der Waals surface area contributed by atoms with Gasteiger partial charge < -0.3 is 15.0 Å². The molecule has 2 N–H and O–H groups in total. The third kappa shape index (κ3) is 4.97. The van der Waals surface area contributed by atoms with Gasteiger partial charge in [-0.25, -0.2) is 9.97 Å². The molecule has 192 valence electrons. The van der Waals surface area contributed by atoms with Gasteiger partial charge in [-0.3, -0.25) is 19.1 Å². The van der Waals surface area contributed by atoms with Gasteiger partial charge in [-0.2, -0.15) is 5.10 Å². The highest BCUT2D eigenvalue weighted by molar-refractivity contribution is 6.04. The summed E-state index contributed by atoms with van der Waals surface area (Å²) in [7, 11) is 0. The van der Waals surface area contributed by atoms with Gasteiger partial charge in [0.25, 0.3) is 11.8 Å². The number of amides is 2. The van der Waals surface area contributed by atoms with E-state index in [9.17, 15) is 22.8 Å². The van der Waals surface area contributed by atoms with Crippen LogP contribution in [0.2, 0.25) is 0 Å². The number of rotatable bonds is 5. The number of benzene rings is 1. The maximum Gasteiger partial charge on any atom is 0.573 e. The van der Waals surface area contributed by atoms with Crippen molar-refractivity contribution in [1.29, 1.82) is 0 Å². The largest absolute Gasteiger partial charge is 0.573 e. The summed E-state index contributed by atoms with van der Waals surface area (Å²) in [4.78, 5) is 36.2. The fourth-order valence-electron chi connectivity index (χ4n) is 4.53. The number of aromatic nitrogens is 5. The number of hydrogen-bond acceptors (Lipinski definition) is 6. The van der Waals surface area contributed by atoms with Crippen molar-refractivity contribution in [2.24, 2.45) is 0 Å². The molecule has 1 atom stereocenters. The number of para-hydroxylation sites is 1. The monoisotopic (exact) mass is 513 g/mol. The molecule has 1 aliphatic heterocycles. The Kier molecular flexibility index (Phi) is 6.27. The van der Waals surface area contributed by atoms with E-state index in [1.807, 2.05) is 0 Å². The SMILES string of the molecule is Cc1nc2ncccn2c1C(=O)Nc1cc(C2CCCCN2C(=O)c2ccccc2OC(F)(F)F)[nH]n1. The lowest BCUT2D eigenvalue weighted by Crippen LogP contribution is -2.39. The minimum atomic E-state index is -4.93. The van der Waals surface area contributed by atoms with Gasteiger partial charge >= 0.3 is 6.36 Å². The number of halogens is 3. The summed E-state index contributed by atoms with van der Waals surface area (Å²) < 4.78 is 44.3. The molecule has 0 bridgehead atoms. The minimum absolute atomic E-state index is 0.184. The smallest absolute Gasteiger partial charge is 0.405 e. The van der Waals surface area contributed by atoms with Crippen molar-refractivity contribution in [3.05, 3.63) is 71.4 Å². The highest BCUT2D eigenvalue weighted by Gasteiger charge is 2.35. The summed E-state index contributed by atoms with van der Waals surface area (Å²) >= 11 is 0. The molecule has 1 saturated heterocycles. The van der Waals surface area contributed by atoms with Crippen LogP contribution in [0.1, 0.15) is 57.5 Å². The fourth-order valence-corrected chi connectivity index (χ4v) is 4.53. The van der Waals surface area contributed by atoms with Crippen molar-refractivity contribution in [3.8, 4) is 5.75 Å². The van der Waals surface area contributed by atoms with Gasteiger partial charge in [-0.05, 0) is 44.4 Å². The number of aryl methyl sites for hydroxylation is 1. The number of carbonyl (C=O) groups excluding carboxylic acids is 2. The molecule has 0 spiro atoms. The van der Waals surface area contributed by atoms with E-state index < -0.39 is 30.0 Å². The van der Waals surface area contributed by atoms with Crippen molar-refractivity contribution in [2.75, 3.05) is 11.9 Å². The first-order valence-electron chi connectivity index (χ1n) is 11.5. The van der Waals surface area contributed by atoms with Crippen LogP contribution in [0.3, 0.4) is 0 Å². The van der Waals surface area contributed by atoms with Crippen LogP contribution < -0.4 is 10.1 Å². The van der Waals surface area contributed by atoms with Gasteiger partial charge in [0.05, 0.1) is 23.0 Å². The Bertz CT molecular complexity index is 1460. The maximum absolute atomic E-state index is 13.4. The van der Waals surface area contributed by atoms with Gasteiger partial charge in [0.2, 0.25) is 5.78 Å². The molecule has 1 aliphatic rings. The third-order valence-corrected chi connectivity index (χ3v) is 6.10. The lowest BCUT2D eigenvalue weighted by Gasteiger charge is -2.35. The van der Waals surface area contributed by atoms with Crippen LogP contribution in [-0.4, -0.2) is 54.2 Å². The first-order valence-corrected chi connectivity index (χ1v) is 11.5. The fraction of sp³-hybridized carbons (Fsp3) is 0.292. The maximum atomic E-state index is 13.4. The van der Waals surface area contributed by atoms with Crippen molar-refractivity contribution < 1.29 is 27.5 Å². The summed E-state index contributed by atoms with van der Waals surface area (Å²) in [5, 5.41) is 9.76. The Morgan fingerprint density at radius 2 is 2.00 bits per heavy atom. The zero-order valence-electron chi connectivity index (χ0n) is 19.6. The Hall–Kier alpha value is -4.42. The zero-order valence-corrected chi connectivity index (χ0v) is 19.6. The highest BCUT2D eigenvalue weighted by Crippen LogP contribution is 2.34. The third-order valence-electron chi connectivity index (χ3n) is 6.10. The van der Waals surface area contributed by atoms with Crippen molar-refractivity contribution >= 4 is 23.4 Å². The molecular weight excluding hydrogens is 491 g/mol. The first kappa shape index (κ1) is 24.3. The van der Waals surface area contributed by atoms with Gasteiger partial charge in [0.1, 0.15) is 11.4 Å². The minimum Gasteiger partial charge on any atom is -0.405 e. The second-order valence-corrected chi connectivity index (χ2v) is 8.55. The van der Waals surface area contributed by atoms with Gasteiger partial charge in [-0.1, -0.05) is 12.1 Å². The van der Waals surface area contributed by atoms with Gasteiger partial charge in [0, 0.05) is 25.0 Å². The van der Waals surface area contributed by atoms with E-state index >= 15 is 0 Å². The summed E-state index contributed by atoms with van der Waals surface area (Å²) in [6.07, 6.45) is 0.409. The Labute approximate surface area is 208 Å². The molecule has 13 heteroatoms. The summed E-state index contributed by atoms with van der Waals surface area (Å²) in [5.41, 5.74) is 1.17. The summed E-state index contributed by atoms with van der Waals surface area (Å²) in [6.45, 7) is 2.05. The number of ether oxygens (including phenoxy) is 1. The highest BCUT2D eigenvalue weighted by atomic mass is 19.4. The summed E-state index contributed by atoms with van der Waals surface area (Å²) in [6, 6.07) is 8.10. The molecular formula is C24H22F3N7O3. The topological polar surface area (TPSA) is 118 Å². The van der Waals surface area contributed by atoms with E-state index in [1.165, 1.54) is 23.1 Å². The number of aromatic amines is 1. The first-order chi connectivity index (χ1) is 17.7. The van der Waals surface area contributed by atoms with E-state index in [1.54, 1.807) is 35.9 Å². The molecule has 4 heterocycles. The number of anilines is 1. The van der Waals surface area contributed by atoms with E-state index in [4.69, 9.17) is 0 Å². The number of imidazole rings is 1.